The largest absolute Gasteiger partial charge is 0.462 e. The predicted molar refractivity (Wildman–Crippen MR) is 93.2 cm³/mol. The fourth-order valence-electron chi connectivity index (χ4n) is 3.70. The average molecular weight is 334 g/mol. The Morgan fingerprint density at radius 3 is 1.33 bits per heavy atom. The Hall–Kier alpha value is -1.58. The molecule has 2 fully saturated rings. The smallest absolute Gasteiger partial charge is 0.309 e. The van der Waals surface area contributed by atoms with Crippen molar-refractivity contribution in [3.8, 4) is 0 Å². The third-order valence-electron chi connectivity index (χ3n) is 5.45. The van der Waals surface area contributed by atoms with Crippen LogP contribution in [-0.2, 0) is 19.1 Å². The third-order valence-corrected chi connectivity index (χ3v) is 5.45. The molecular formula is C20H30O4. The molecule has 4 heteroatoms. The molecule has 0 unspecified atom stereocenters. The van der Waals surface area contributed by atoms with Gasteiger partial charge in [0.1, 0.15) is 13.2 Å². The van der Waals surface area contributed by atoms with Crippen LogP contribution in [0.5, 0.6) is 0 Å². The molecule has 0 atom stereocenters. The van der Waals surface area contributed by atoms with Crippen molar-refractivity contribution >= 4 is 11.9 Å². The lowest BCUT2D eigenvalue weighted by Crippen LogP contribution is -2.26. The first kappa shape index (κ1) is 18.8. The highest BCUT2D eigenvalue weighted by Gasteiger charge is 2.27. The summed E-state index contributed by atoms with van der Waals surface area (Å²) in [6.45, 7) is 7.94. The number of rotatable bonds is 7. The molecule has 2 aliphatic rings. The van der Waals surface area contributed by atoms with Crippen molar-refractivity contribution in [2.45, 2.75) is 51.4 Å². The molecule has 0 N–H and O–H groups in total. The second-order valence-electron chi connectivity index (χ2n) is 7.03. The standard InChI is InChI=1S/C20H30O4/c1-3-15-5-9-17(10-6-15)19(21)23-13-14-24-20(22)18-11-7-16(4-2)8-12-18/h3-4,15-18H,1-2,5-14H2. The van der Waals surface area contributed by atoms with Gasteiger partial charge in [0.2, 0.25) is 0 Å². The number of carbonyl (C=O) groups is 2. The van der Waals surface area contributed by atoms with Crippen molar-refractivity contribution in [2.24, 2.45) is 23.7 Å². The van der Waals surface area contributed by atoms with Gasteiger partial charge in [-0.3, -0.25) is 9.59 Å². The quantitative estimate of drug-likeness (QED) is 0.400. The van der Waals surface area contributed by atoms with E-state index in [1.807, 2.05) is 12.2 Å². The summed E-state index contributed by atoms with van der Waals surface area (Å²) < 4.78 is 10.5. The maximum absolute atomic E-state index is 12.0. The van der Waals surface area contributed by atoms with Gasteiger partial charge < -0.3 is 9.47 Å². The van der Waals surface area contributed by atoms with Crippen LogP contribution in [0.2, 0.25) is 0 Å². The van der Waals surface area contributed by atoms with E-state index in [1.54, 1.807) is 0 Å². The molecule has 0 amide bonds. The third kappa shape index (κ3) is 5.50. The van der Waals surface area contributed by atoms with Crippen LogP contribution in [-0.4, -0.2) is 25.2 Å². The van der Waals surface area contributed by atoms with Crippen LogP contribution in [0, 0.1) is 23.7 Å². The average Bonchev–Trinajstić information content (AvgIpc) is 2.65. The van der Waals surface area contributed by atoms with Crippen LogP contribution in [0.1, 0.15) is 51.4 Å². The number of ether oxygens (including phenoxy) is 2. The number of esters is 2. The van der Waals surface area contributed by atoms with Crippen LogP contribution in [0.4, 0.5) is 0 Å². The summed E-state index contributed by atoms with van der Waals surface area (Å²) in [6.07, 6.45) is 11.4. The molecule has 0 aromatic rings. The van der Waals surface area contributed by atoms with Gasteiger partial charge in [0.25, 0.3) is 0 Å². The van der Waals surface area contributed by atoms with Crippen molar-refractivity contribution in [1.29, 1.82) is 0 Å². The molecule has 0 aliphatic heterocycles. The number of hydrogen-bond donors (Lipinski definition) is 0. The highest BCUT2D eigenvalue weighted by atomic mass is 16.6. The van der Waals surface area contributed by atoms with Crippen molar-refractivity contribution in [2.75, 3.05) is 13.2 Å². The predicted octanol–water partition coefficient (Wildman–Crippen LogP) is 4.06. The summed E-state index contributed by atoms with van der Waals surface area (Å²) in [5, 5.41) is 0. The highest BCUT2D eigenvalue weighted by Crippen LogP contribution is 2.31. The Kier molecular flexibility index (Phi) is 7.54. The molecule has 0 heterocycles. The van der Waals surface area contributed by atoms with Crippen LogP contribution in [0.15, 0.2) is 25.3 Å². The second-order valence-corrected chi connectivity index (χ2v) is 7.03. The molecule has 4 nitrogen and oxygen atoms in total. The minimum absolute atomic E-state index is 0.00826. The molecule has 2 aliphatic carbocycles. The summed E-state index contributed by atoms with van der Waals surface area (Å²) in [5.41, 5.74) is 0. The normalized spacial score (nSPS) is 30.2. The van der Waals surface area contributed by atoms with Gasteiger partial charge in [0, 0.05) is 0 Å². The topological polar surface area (TPSA) is 52.6 Å². The Balaban J connectivity index is 1.57. The van der Waals surface area contributed by atoms with Crippen LogP contribution in [0.3, 0.4) is 0 Å². The van der Waals surface area contributed by atoms with Crippen LogP contribution >= 0.6 is 0 Å². The summed E-state index contributed by atoms with van der Waals surface area (Å²) in [4.78, 5) is 24.0. The van der Waals surface area contributed by atoms with E-state index in [0.717, 1.165) is 51.4 Å². The number of allylic oxidation sites excluding steroid dienone is 2. The van der Waals surface area contributed by atoms with Gasteiger partial charge in [-0.25, -0.2) is 0 Å². The first-order valence-corrected chi connectivity index (χ1v) is 9.22. The molecule has 0 bridgehead atoms. The molecule has 2 saturated carbocycles. The Morgan fingerprint density at radius 1 is 0.708 bits per heavy atom. The van der Waals surface area contributed by atoms with Crippen molar-refractivity contribution in [3.05, 3.63) is 25.3 Å². The number of hydrogen-bond acceptors (Lipinski definition) is 4. The summed E-state index contributed by atoms with van der Waals surface area (Å²) in [5.74, 6) is 0.745. The molecule has 0 aromatic carbocycles. The van der Waals surface area contributed by atoms with E-state index >= 15 is 0 Å². The fraction of sp³-hybridized carbons (Fsp3) is 0.700. The van der Waals surface area contributed by atoms with Gasteiger partial charge >= 0.3 is 11.9 Å². The van der Waals surface area contributed by atoms with E-state index in [4.69, 9.17) is 9.47 Å². The molecular weight excluding hydrogens is 304 g/mol. The van der Waals surface area contributed by atoms with Gasteiger partial charge in [-0.2, -0.15) is 0 Å². The monoisotopic (exact) mass is 334 g/mol. The molecule has 0 aromatic heterocycles. The van der Waals surface area contributed by atoms with E-state index in [0.29, 0.717) is 11.8 Å². The Labute approximate surface area is 145 Å². The fourth-order valence-corrected chi connectivity index (χ4v) is 3.70. The van der Waals surface area contributed by atoms with Gasteiger partial charge in [0.15, 0.2) is 0 Å². The second kappa shape index (κ2) is 9.65. The van der Waals surface area contributed by atoms with Crippen LogP contribution < -0.4 is 0 Å². The van der Waals surface area contributed by atoms with E-state index in [9.17, 15) is 9.59 Å². The van der Waals surface area contributed by atoms with Crippen molar-refractivity contribution in [1.82, 2.24) is 0 Å². The van der Waals surface area contributed by atoms with E-state index in [1.165, 1.54) is 0 Å². The zero-order valence-corrected chi connectivity index (χ0v) is 14.6. The van der Waals surface area contributed by atoms with Gasteiger partial charge in [0.05, 0.1) is 11.8 Å². The van der Waals surface area contributed by atoms with Gasteiger partial charge in [-0.05, 0) is 63.2 Å². The Bertz CT molecular complexity index is 399. The first-order valence-electron chi connectivity index (χ1n) is 9.22. The maximum Gasteiger partial charge on any atom is 0.309 e. The Morgan fingerprint density at radius 2 is 1.04 bits per heavy atom. The molecule has 134 valence electrons. The van der Waals surface area contributed by atoms with E-state index in [2.05, 4.69) is 13.2 Å². The SMILES string of the molecule is C=CC1CCC(C(=O)OCCOC(=O)C2CCC(C=C)CC2)CC1. The van der Waals surface area contributed by atoms with E-state index in [-0.39, 0.29) is 37.0 Å². The molecule has 24 heavy (non-hydrogen) atoms. The van der Waals surface area contributed by atoms with Gasteiger partial charge in [-0.15, -0.1) is 13.2 Å². The zero-order valence-electron chi connectivity index (χ0n) is 14.6. The van der Waals surface area contributed by atoms with Crippen LogP contribution in [0.25, 0.3) is 0 Å². The molecule has 0 spiro atoms. The zero-order chi connectivity index (χ0) is 17.4. The lowest BCUT2D eigenvalue weighted by atomic mass is 9.82. The lowest BCUT2D eigenvalue weighted by Gasteiger charge is -2.25. The highest BCUT2D eigenvalue weighted by molar-refractivity contribution is 5.73. The lowest BCUT2D eigenvalue weighted by molar-refractivity contribution is -0.158. The van der Waals surface area contributed by atoms with Gasteiger partial charge in [-0.1, -0.05) is 12.2 Å². The summed E-state index contributed by atoms with van der Waals surface area (Å²) in [6, 6.07) is 0. The van der Waals surface area contributed by atoms with Crippen molar-refractivity contribution < 1.29 is 19.1 Å². The molecule has 0 saturated heterocycles. The summed E-state index contributed by atoms with van der Waals surface area (Å²) >= 11 is 0. The molecule has 0 radical (unpaired) electrons. The minimum atomic E-state index is -0.153. The summed E-state index contributed by atoms with van der Waals surface area (Å²) in [7, 11) is 0. The minimum Gasteiger partial charge on any atom is -0.462 e. The van der Waals surface area contributed by atoms with Crippen molar-refractivity contribution in [3.63, 3.8) is 0 Å². The molecule has 2 rings (SSSR count). The number of carbonyl (C=O) groups excluding carboxylic acids is 2. The maximum atomic E-state index is 12.0. The van der Waals surface area contributed by atoms with E-state index < -0.39 is 0 Å². The first-order chi connectivity index (χ1) is 11.6.